The third-order valence-electron chi connectivity index (χ3n) is 0. The monoisotopic (exact) mass is 235 g/mol. The Hall–Kier alpha value is 1.68. The van der Waals surface area contributed by atoms with E-state index in [0.29, 0.717) is 0 Å². The zero-order valence-corrected chi connectivity index (χ0v) is 8.74. The summed E-state index contributed by atoms with van der Waals surface area (Å²) in [5, 5.41) is 0. The molecule has 0 fully saturated rings. The van der Waals surface area contributed by atoms with Crippen molar-refractivity contribution in [3.8, 4) is 0 Å². The second kappa shape index (κ2) is 121. The van der Waals surface area contributed by atoms with Gasteiger partial charge in [-0.25, -0.2) is 0 Å². The van der Waals surface area contributed by atoms with Gasteiger partial charge in [-0.3, -0.25) is 0 Å². The van der Waals surface area contributed by atoms with Crippen LogP contribution in [0.2, 0.25) is 0 Å². The third-order valence-corrected chi connectivity index (χ3v) is 0. The minimum absolute atomic E-state index is 0. The first-order chi connectivity index (χ1) is 0. The van der Waals surface area contributed by atoms with E-state index in [9.17, 15) is 0 Å². The molecule has 1 radical (unpaired) electrons. The fraction of sp³-hybridized carbons (Fsp3) is 0. The molecular formula is CoO4TiZn. The Kier molecular flexibility index (Phi) is 3130. The molecule has 0 N–H and O–H groups in total. The van der Waals surface area contributed by atoms with Gasteiger partial charge in [0, 0.05) is 0 Å². The predicted octanol–water partition coefficient (Wildman–Crippen LogP) is -0.483. The Morgan fingerprint density at radius 3 is 0.571 bits per heavy atom. The van der Waals surface area contributed by atoms with Gasteiger partial charge in [0.05, 0.1) is 0 Å². The van der Waals surface area contributed by atoms with Gasteiger partial charge in [0.2, 0.25) is 0 Å². The van der Waals surface area contributed by atoms with Crippen molar-refractivity contribution >= 4 is 0 Å². The molecule has 39 valence electrons. The van der Waals surface area contributed by atoms with E-state index in [1.54, 1.807) is 0 Å². The Morgan fingerprint density at radius 1 is 0.571 bits per heavy atom. The molecule has 0 spiro atoms. The SMILES string of the molecule is [Co+2].[O-2].[O-2].[O-2].[O-2].[Ti+4].[Zn+2]. The first-order valence-electron chi connectivity index (χ1n) is 0. The molecule has 0 rings (SSSR count). The minimum atomic E-state index is 0. The van der Waals surface area contributed by atoms with E-state index in [1.807, 2.05) is 0 Å². The van der Waals surface area contributed by atoms with Crippen LogP contribution >= 0.6 is 0 Å². The molecular weight excluding hydrogens is 236 g/mol. The minimum Gasteiger partial charge on any atom is -2.00 e. The maximum absolute atomic E-state index is 0. The van der Waals surface area contributed by atoms with E-state index >= 15 is 0 Å². The van der Waals surface area contributed by atoms with Crippen molar-refractivity contribution in [1.29, 1.82) is 0 Å². The fourth-order valence-electron chi connectivity index (χ4n) is 0. The van der Waals surface area contributed by atoms with Crippen LogP contribution in [0.1, 0.15) is 0 Å². The molecule has 0 aliphatic heterocycles. The average Bonchev–Trinajstić information content (AvgIpc) is 0. The fourth-order valence-corrected chi connectivity index (χ4v) is 0. The standard InChI is InChI=1S/Co.4O.Ti.Zn/q+2;4*-2;+4;+2. The number of hydrogen-bond acceptors (Lipinski definition) is 0. The molecule has 4 nitrogen and oxygen atoms in total. The van der Waals surface area contributed by atoms with Crippen LogP contribution < -0.4 is 0 Å². The molecule has 0 aliphatic rings. The van der Waals surface area contributed by atoms with E-state index in [1.165, 1.54) is 0 Å². The van der Waals surface area contributed by atoms with Gasteiger partial charge in [-0.05, 0) is 0 Å². The number of rotatable bonds is 0. The summed E-state index contributed by atoms with van der Waals surface area (Å²) in [7, 11) is 0. The van der Waals surface area contributed by atoms with Crippen LogP contribution in [0, 0.1) is 0 Å². The van der Waals surface area contributed by atoms with E-state index in [2.05, 4.69) is 0 Å². The maximum Gasteiger partial charge on any atom is 4.00 e. The molecule has 0 saturated carbocycles. The summed E-state index contributed by atoms with van der Waals surface area (Å²) in [5.41, 5.74) is 0. The van der Waals surface area contributed by atoms with Crippen LogP contribution in [0.25, 0.3) is 0 Å². The smallest absolute Gasteiger partial charge is 2.00 e. The predicted molar refractivity (Wildman–Crippen MR) is 2.75 cm³/mol. The van der Waals surface area contributed by atoms with E-state index < -0.39 is 0 Å². The van der Waals surface area contributed by atoms with Crippen LogP contribution in [-0.2, 0) is 79.9 Å². The van der Waals surface area contributed by atoms with Crippen molar-refractivity contribution in [2.75, 3.05) is 0 Å². The molecule has 0 aromatic carbocycles. The van der Waals surface area contributed by atoms with Gasteiger partial charge in [0.15, 0.2) is 0 Å². The zero-order valence-electron chi connectivity index (χ0n) is 3.17. The van der Waals surface area contributed by atoms with Crippen molar-refractivity contribution in [2.24, 2.45) is 0 Å². The normalized spacial score (nSPS) is 0. The molecule has 0 unspecified atom stereocenters. The summed E-state index contributed by atoms with van der Waals surface area (Å²) >= 11 is 0. The van der Waals surface area contributed by atoms with Crippen molar-refractivity contribution < 1.29 is 79.9 Å². The van der Waals surface area contributed by atoms with Crippen molar-refractivity contribution in [1.82, 2.24) is 0 Å². The van der Waals surface area contributed by atoms with Crippen LogP contribution in [-0.4, -0.2) is 0 Å². The molecule has 0 aromatic heterocycles. The summed E-state index contributed by atoms with van der Waals surface area (Å²) in [6.45, 7) is 0. The van der Waals surface area contributed by atoms with Gasteiger partial charge in [0.25, 0.3) is 0 Å². The van der Waals surface area contributed by atoms with E-state index in [-0.39, 0.29) is 79.9 Å². The van der Waals surface area contributed by atoms with Crippen LogP contribution in [0.5, 0.6) is 0 Å². The summed E-state index contributed by atoms with van der Waals surface area (Å²) in [6.07, 6.45) is 0. The first kappa shape index (κ1) is 181. The molecule has 0 saturated heterocycles. The summed E-state index contributed by atoms with van der Waals surface area (Å²) in [4.78, 5) is 0. The van der Waals surface area contributed by atoms with Gasteiger partial charge in [0.1, 0.15) is 0 Å². The molecule has 7 heavy (non-hydrogen) atoms. The van der Waals surface area contributed by atoms with Crippen molar-refractivity contribution in [2.45, 2.75) is 0 Å². The number of hydrogen-bond donors (Lipinski definition) is 0. The largest absolute Gasteiger partial charge is 4.00 e. The van der Waals surface area contributed by atoms with Gasteiger partial charge in [-0.2, -0.15) is 0 Å². The quantitative estimate of drug-likeness (QED) is 0.505. The van der Waals surface area contributed by atoms with Crippen LogP contribution in [0.3, 0.4) is 0 Å². The van der Waals surface area contributed by atoms with Gasteiger partial charge in [-0.15, -0.1) is 0 Å². The van der Waals surface area contributed by atoms with Crippen molar-refractivity contribution in [3.63, 3.8) is 0 Å². The Bertz CT molecular complexity index is 11.7. The van der Waals surface area contributed by atoms with E-state index in [4.69, 9.17) is 0 Å². The van der Waals surface area contributed by atoms with Gasteiger partial charge in [-0.1, -0.05) is 0 Å². The Morgan fingerprint density at radius 2 is 0.571 bits per heavy atom. The summed E-state index contributed by atoms with van der Waals surface area (Å²) in [5.74, 6) is 0. The molecule has 0 aliphatic carbocycles. The summed E-state index contributed by atoms with van der Waals surface area (Å²) in [6, 6.07) is 0. The average molecular weight is 236 g/mol. The van der Waals surface area contributed by atoms with Crippen molar-refractivity contribution in [3.05, 3.63) is 0 Å². The maximum atomic E-state index is 0. The third kappa shape index (κ3) is 87.5. The first-order valence-corrected chi connectivity index (χ1v) is 0. The summed E-state index contributed by atoms with van der Waals surface area (Å²) < 4.78 is 0. The Labute approximate surface area is 79.5 Å². The molecule has 0 aromatic rings. The molecule has 0 amide bonds. The second-order valence-electron chi connectivity index (χ2n) is 0. The van der Waals surface area contributed by atoms with Gasteiger partial charge < -0.3 is 21.9 Å². The van der Waals surface area contributed by atoms with Crippen LogP contribution in [0.15, 0.2) is 0 Å². The molecule has 0 heterocycles. The van der Waals surface area contributed by atoms with E-state index in [0.717, 1.165) is 0 Å². The molecule has 0 atom stereocenters. The Balaban J connectivity index is 0. The second-order valence-corrected chi connectivity index (χ2v) is 0. The van der Waals surface area contributed by atoms with Crippen LogP contribution in [0.4, 0.5) is 0 Å². The zero-order chi connectivity index (χ0) is 0. The molecule has 7 heteroatoms. The van der Waals surface area contributed by atoms with Gasteiger partial charge >= 0.3 is 58.0 Å². The topological polar surface area (TPSA) is 114 Å². The molecule has 0 bridgehead atoms.